The number of carboxylic acids is 1. The third kappa shape index (κ3) is 6.30. The molecule has 2 N–H and O–H groups in total. The zero-order chi connectivity index (χ0) is 26.0. The van der Waals surface area contributed by atoms with Crippen LogP contribution < -0.4 is 16.0 Å². The fraction of sp³-hybridized carbons (Fsp3) is 0.278. The van der Waals surface area contributed by atoms with Crippen LogP contribution in [0.2, 0.25) is 5.02 Å². The van der Waals surface area contributed by atoms with E-state index in [9.17, 15) is 45.1 Å². The van der Waals surface area contributed by atoms with Crippen LogP contribution in [-0.4, -0.2) is 40.5 Å². The summed E-state index contributed by atoms with van der Waals surface area (Å²) in [6, 6.07) is 1.12. The van der Waals surface area contributed by atoms with Crippen LogP contribution in [0.3, 0.4) is 0 Å². The standard InChI is InChI=1S/C18H12ClF7N2O6/c1-33-12(7(15(30)31)5-17(21,22)23)6-34-11-3-10(9(20)2-8(11)19)28-14(29)4-13(18(24,25)26)27-16(28)32/h2-4H,5-6H2,1H3,(H,27,32)(H,30,31). The average Bonchev–Trinajstić information content (AvgIpc) is 2.67. The molecule has 1 aromatic carbocycles. The van der Waals surface area contributed by atoms with Crippen LogP contribution in [0.15, 0.2) is 39.1 Å². The number of aromatic amines is 1. The molecule has 0 spiro atoms. The first-order valence-electron chi connectivity index (χ1n) is 8.67. The zero-order valence-corrected chi connectivity index (χ0v) is 17.4. The zero-order valence-electron chi connectivity index (χ0n) is 16.6. The molecule has 0 aliphatic rings. The van der Waals surface area contributed by atoms with Gasteiger partial charge < -0.3 is 19.6 Å². The average molecular weight is 521 g/mol. The molecule has 0 fully saturated rings. The first-order valence-corrected chi connectivity index (χ1v) is 9.04. The molecule has 0 saturated heterocycles. The number of aromatic nitrogens is 2. The highest BCUT2D eigenvalue weighted by atomic mass is 35.5. The lowest BCUT2D eigenvalue weighted by atomic mass is 10.1. The van der Waals surface area contributed by atoms with E-state index in [1.54, 1.807) is 0 Å². The number of nitrogens with one attached hydrogen (secondary N) is 1. The summed E-state index contributed by atoms with van der Waals surface area (Å²) in [4.78, 5) is 36.7. The van der Waals surface area contributed by atoms with Gasteiger partial charge in [0.05, 0.1) is 29.8 Å². The number of carbonyl (C=O) groups is 1. The number of carboxylic acid groups (broad SMARTS) is 1. The number of halogens is 8. The van der Waals surface area contributed by atoms with E-state index >= 15 is 0 Å². The smallest absolute Gasteiger partial charge is 0.431 e. The lowest BCUT2D eigenvalue weighted by Gasteiger charge is -2.16. The minimum atomic E-state index is -5.08. The van der Waals surface area contributed by atoms with E-state index in [0.717, 1.165) is 7.11 Å². The third-order valence-corrected chi connectivity index (χ3v) is 4.35. The second-order valence-corrected chi connectivity index (χ2v) is 6.79. The Hall–Kier alpha value is -3.49. The van der Waals surface area contributed by atoms with Crippen molar-refractivity contribution in [3.05, 3.63) is 66.9 Å². The second kappa shape index (κ2) is 9.79. The van der Waals surface area contributed by atoms with E-state index in [1.165, 1.54) is 4.98 Å². The quantitative estimate of drug-likeness (QED) is 0.328. The maximum atomic E-state index is 14.4. The molecule has 0 unspecified atom stereocenters. The lowest BCUT2D eigenvalue weighted by molar-refractivity contribution is -0.143. The van der Waals surface area contributed by atoms with Gasteiger partial charge in [0.25, 0.3) is 5.56 Å². The topological polar surface area (TPSA) is 111 Å². The first-order chi connectivity index (χ1) is 15.5. The van der Waals surface area contributed by atoms with Gasteiger partial charge in [-0.05, 0) is 6.07 Å². The van der Waals surface area contributed by atoms with Crippen LogP contribution in [0.5, 0.6) is 5.75 Å². The Labute approximate surface area is 188 Å². The Morgan fingerprint density at radius 3 is 2.24 bits per heavy atom. The molecule has 2 aromatic rings. The highest BCUT2D eigenvalue weighted by Gasteiger charge is 2.35. The molecule has 186 valence electrons. The van der Waals surface area contributed by atoms with Crippen molar-refractivity contribution in [2.75, 3.05) is 13.7 Å². The number of aliphatic carboxylic acids is 1. The molecule has 34 heavy (non-hydrogen) atoms. The van der Waals surface area contributed by atoms with Gasteiger partial charge in [-0.25, -0.2) is 18.5 Å². The molecule has 0 bridgehead atoms. The monoisotopic (exact) mass is 520 g/mol. The summed E-state index contributed by atoms with van der Waals surface area (Å²) in [7, 11) is 0.858. The fourth-order valence-electron chi connectivity index (χ4n) is 2.58. The van der Waals surface area contributed by atoms with E-state index < -0.39 is 81.9 Å². The Bertz CT molecular complexity index is 1220. The number of ether oxygens (including phenoxy) is 2. The molecule has 0 aliphatic carbocycles. The molecule has 2 rings (SSSR count). The lowest BCUT2D eigenvalue weighted by Crippen LogP contribution is -2.36. The van der Waals surface area contributed by atoms with Gasteiger partial charge in [0.15, 0.2) is 0 Å². The van der Waals surface area contributed by atoms with Crippen molar-refractivity contribution in [1.82, 2.24) is 9.55 Å². The number of hydrogen-bond donors (Lipinski definition) is 2. The molecule has 1 heterocycles. The normalized spacial score (nSPS) is 12.9. The Kier molecular flexibility index (Phi) is 7.70. The summed E-state index contributed by atoms with van der Waals surface area (Å²) in [5, 5.41) is 8.51. The molecule has 0 atom stereocenters. The van der Waals surface area contributed by atoms with Crippen LogP contribution in [0, 0.1) is 5.82 Å². The minimum Gasteiger partial charge on any atom is -0.497 e. The first kappa shape index (κ1) is 26.8. The number of nitrogens with zero attached hydrogens (tertiary/aromatic N) is 1. The molecule has 0 aliphatic heterocycles. The predicted octanol–water partition coefficient (Wildman–Crippen LogP) is 3.65. The molecule has 0 radical (unpaired) electrons. The summed E-state index contributed by atoms with van der Waals surface area (Å²) in [5.74, 6) is -4.64. The second-order valence-electron chi connectivity index (χ2n) is 6.39. The van der Waals surface area contributed by atoms with Crippen LogP contribution in [-0.2, 0) is 15.7 Å². The minimum absolute atomic E-state index is 0.00197. The van der Waals surface area contributed by atoms with Gasteiger partial charge in [-0.2, -0.15) is 26.3 Å². The molecule has 1 aromatic heterocycles. The third-order valence-electron chi connectivity index (χ3n) is 4.06. The Morgan fingerprint density at radius 1 is 1.15 bits per heavy atom. The number of alkyl halides is 6. The number of hydrogen-bond acceptors (Lipinski definition) is 5. The predicted molar refractivity (Wildman–Crippen MR) is 100 cm³/mol. The van der Waals surface area contributed by atoms with Crippen molar-refractivity contribution in [2.24, 2.45) is 0 Å². The van der Waals surface area contributed by atoms with Crippen molar-refractivity contribution in [2.45, 2.75) is 18.8 Å². The summed E-state index contributed by atoms with van der Waals surface area (Å²) >= 11 is 5.79. The molecular formula is C18H12ClF7N2O6. The van der Waals surface area contributed by atoms with E-state index in [4.69, 9.17) is 21.4 Å². The van der Waals surface area contributed by atoms with Crippen molar-refractivity contribution in [3.8, 4) is 11.4 Å². The van der Waals surface area contributed by atoms with Crippen molar-refractivity contribution in [3.63, 3.8) is 0 Å². The number of rotatable bonds is 7. The maximum absolute atomic E-state index is 14.4. The number of H-pyrrole nitrogens is 1. The van der Waals surface area contributed by atoms with Crippen LogP contribution in [0.1, 0.15) is 12.1 Å². The van der Waals surface area contributed by atoms with Gasteiger partial charge in [-0.15, -0.1) is 0 Å². The SMILES string of the molecule is COC(COc1cc(-n2c(=O)cc(C(F)(F)F)[nH]c2=O)c(F)cc1Cl)=C(CC(F)(F)F)C(=O)O. The highest BCUT2D eigenvalue weighted by molar-refractivity contribution is 6.32. The summed E-state index contributed by atoms with van der Waals surface area (Å²) in [6.45, 7) is -0.961. The Balaban J connectivity index is 2.52. The van der Waals surface area contributed by atoms with Gasteiger partial charge in [0.2, 0.25) is 0 Å². The van der Waals surface area contributed by atoms with Crippen LogP contribution in [0.25, 0.3) is 5.69 Å². The summed E-state index contributed by atoms with van der Waals surface area (Å²) in [5.41, 5.74) is -7.04. The fourth-order valence-corrected chi connectivity index (χ4v) is 2.79. The van der Waals surface area contributed by atoms with Gasteiger partial charge in [-0.3, -0.25) is 4.79 Å². The van der Waals surface area contributed by atoms with E-state index in [1.807, 2.05) is 0 Å². The molecular weight excluding hydrogens is 509 g/mol. The molecule has 8 nitrogen and oxygen atoms in total. The molecule has 0 amide bonds. The van der Waals surface area contributed by atoms with Crippen molar-refractivity contribution < 1.29 is 50.1 Å². The van der Waals surface area contributed by atoms with Crippen molar-refractivity contribution in [1.29, 1.82) is 0 Å². The maximum Gasteiger partial charge on any atom is 0.431 e. The number of methoxy groups -OCH3 is 1. The number of benzene rings is 1. The summed E-state index contributed by atoms with van der Waals surface area (Å²) in [6.07, 6.45) is -11.9. The van der Waals surface area contributed by atoms with Gasteiger partial charge in [0, 0.05) is 12.1 Å². The van der Waals surface area contributed by atoms with E-state index in [2.05, 4.69) is 4.74 Å². The van der Waals surface area contributed by atoms with Gasteiger partial charge in [0.1, 0.15) is 29.6 Å². The van der Waals surface area contributed by atoms with E-state index in [0.29, 0.717) is 12.1 Å². The van der Waals surface area contributed by atoms with Gasteiger partial charge in [-0.1, -0.05) is 11.6 Å². The Morgan fingerprint density at radius 2 is 1.76 bits per heavy atom. The van der Waals surface area contributed by atoms with Gasteiger partial charge >= 0.3 is 24.0 Å². The van der Waals surface area contributed by atoms with Crippen molar-refractivity contribution >= 4 is 17.6 Å². The summed E-state index contributed by atoms with van der Waals surface area (Å²) < 4.78 is 100. The highest BCUT2D eigenvalue weighted by Crippen LogP contribution is 2.31. The molecule has 0 saturated carbocycles. The largest absolute Gasteiger partial charge is 0.497 e. The van der Waals surface area contributed by atoms with Crippen LogP contribution >= 0.6 is 11.6 Å². The van der Waals surface area contributed by atoms with Crippen LogP contribution in [0.4, 0.5) is 30.7 Å². The van der Waals surface area contributed by atoms with E-state index in [-0.39, 0.29) is 10.6 Å². The molecule has 16 heteroatoms.